The molecular weight excluding hydrogens is 210 g/mol. The Hall–Kier alpha value is -0.120. The highest BCUT2D eigenvalue weighted by Gasteiger charge is 2.34. The number of hydrogen-bond acceptors (Lipinski definition) is 3. The van der Waals surface area contributed by atoms with Crippen LogP contribution < -0.4 is 11.1 Å². The molecule has 17 heavy (non-hydrogen) atoms. The van der Waals surface area contributed by atoms with Gasteiger partial charge in [-0.05, 0) is 58.2 Å². The monoisotopic (exact) mass is 241 g/mol. The van der Waals surface area contributed by atoms with Crippen LogP contribution >= 0.6 is 0 Å². The van der Waals surface area contributed by atoms with Gasteiger partial charge in [-0.2, -0.15) is 0 Å². The molecule has 0 bridgehead atoms. The average Bonchev–Trinajstić information content (AvgIpc) is 2.63. The summed E-state index contributed by atoms with van der Waals surface area (Å²) >= 11 is 0. The second-order valence-electron chi connectivity index (χ2n) is 7.01. The van der Waals surface area contributed by atoms with Crippen LogP contribution in [0.3, 0.4) is 0 Å². The summed E-state index contributed by atoms with van der Waals surface area (Å²) in [5, 5.41) is 3.69. The van der Waals surface area contributed by atoms with E-state index in [1.54, 1.807) is 0 Å². The third-order valence-electron chi connectivity index (χ3n) is 4.29. The third-order valence-corrected chi connectivity index (χ3v) is 4.29. The van der Waals surface area contributed by atoms with E-state index in [9.17, 15) is 0 Å². The second-order valence-corrected chi connectivity index (χ2v) is 7.01. The van der Waals surface area contributed by atoms with Crippen molar-refractivity contribution in [1.82, 2.24) is 10.2 Å². The Morgan fingerprint density at radius 1 is 1.29 bits per heavy atom. The van der Waals surface area contributed by atoms with E-state index in [1.165, 1.54) is 19.5 Å². The lowest BCUT2D eigenvalue weighted by atomic mass is 9.77. The maximum Gasteiger partial charge on any atom is 0.0137 e. The first kappa shape index (κ1) is 14.9. The summed E-state index contributed by atoms with van der Waals surface area (Å²) < 4.78 is 0. The Kier molecular flexibility index (Phi) is 4.99. The van der Waals surface area contributed by atoms with Gasteiger partial charge in [-0.25, -0.2) is 0 Å². The summed E-state index contributed by atoms with van der Waals surface area (Å²) in [6.07, 6.45) is 2.37. The van der Waals surface area contributed by atoms with Gasteiger partial charge in [0.25, 0.3) is 0 Å². The fraction of sp³-hybridized carbons (Fsp3) is 1.00. The molecule has 1 unspecified atom stereocenters. The van der Waals surface area contributed by atoms with Gasteiger partial charge in [0.1, 0.15) is 0 Å². The number of nitrogens with one attached hydrogen (secondary N) is 1. The van der Waals surface area contributed by atoms with Gasteiger partial charge in [-0.15, -0.1) is 0 Å². The fourth-order valence-corrected chi connectivity index (χ4v) is 2.63. The lowest BCUT2D eigenvalue weighted by Crippen LogP contribution is -2.47. The van der Waals surface area contributed by atoms with Crippen molar-refractivity contribution < 1.29 is 0 Å². The summed E-state index contributed by atoms with van der Waals surface area (Å²) in [5.41, 5.74) is 6.18. The first-order valence-corrected chi connectivity index (χ1v) is 6.90. The zero-order valence-electron chi connectivity index (χ0n) is 12.3. The summed E-state index contributed by atoms with van der Waals surface area (Å²) in [6.45, 7) is 13.6. The highest BCUT2D eigenvalue weighted by atomic mass is 15.1. The minimum absolute atomic E-state index is 0.163. The molecule has 3 nitrogen and oxygen atoms in total. The van der Waals surface area contributed by atoms with E-state index in [0.717, 1.165) is 25.4 Å². The number of nitrogens with zero attached hydrogens (tertiary/aromatic N) is 1. The van der Waals surface area contributed by atoms with Gasteiger partial charge in [0, 0.05) is 18.6 Å². The van der Waals surface area contributed by atoms with Gasteiger partial charge in [0.05, 0.1) is 0 Å². The van der Waals surface area contributed by atoms with Crippen molar-refractivity contribution in [2.45, 2.75) is 46.1 Å². The molecule has 1 atom stereocenters. The molecule has 1 heterocycles. The second kappa shape index (κ2) is 5.68. The molecule has 0 aromatic rings. The highest BCUT2D eigenvalue weighted by Crippen LogP contribution is 2.33. The van der Waals surface area contributed by atoms with Crippen molar-refractivity contribution in [2.75, 3.05) is 33.2 Å². The predicted octanol–water partition coefficient (Wildman–Crippen LogP) is 1.68. The van der Waals surface area contributed by atoms with E-state index < -0.39 is 0 Å². The molecule has 102 valence electrons. The standard InChI is InChI=1S/C14H31N3/c1-13(2,12-6-9-17(5)10-12)11-16-14(3,4)7-8-15/h12,16H,6-11,15H2,1-5H3. The first-order chi connectivity index (χ1) is 7.77. The van der Waals surface area contributed by atoms with Crippen LogP contribution in [-0.4, -0.2) is 43.7 Å². The Morgan fingerprint density at radius 2 is 1.94 bits per heavy atom. The van der Waals surface area contributed by atoms with Crippen LogP contribution in [0, 0.1) is 11.3 Å². The van der Waals surface area contributed by atoms with Crippen molar-refractivity contribution in [1.29, 1.82) is 0 Å². The molecule has 1 saturated heterocycles. The van der Waals surface area contributed by atoms with Crippen LogP contribution in [0.25, 0.3) is 0 Å². The largest absolute Gasteiger partial charge is 0.330 e. The lowest BCUT2D eigenvalue weighted by molar-refractivity contribution is 0.183. The summed E-state index contributed by atoms with van der Waals surface area (Å²) in [4.78, 5) is 2.44. The zero-order chi connectivity index (χ0) is 13.1. The van der Waals surface area contributed by atoms with Crippen molar-refractivity contribution in [3.8, 4) is 0 Å². The molecule has 0 saturated carbocycles. The Bertz CT molecular complexity index is 236. The average molecular weight is 241 g/mol. The summed E-state index contributed by atoms with van der Waals surface area (Å²) in [6, 6.07) is 0. The maximum atomic E-state index is 5.65. The third kappa shape index (κ3) is 4.57. The van der Waals surface area contributed by atoms with Crippen LogP contribution in [0.5, 0.6) is 0 Å². The van der Waals surface area contributed by atoms with E-state index in [-0.39, 0.29) is 5.54 Å². The molecule has 0 aromatic heterocycles. The van der Waals surface area contributed by atoms with Gasteiger partial charge < -0.3 is 16.0 Å². The Balaban J connectivity index is 2.44. The molecule has 0 amide bonds. The van der Waals surface area contributed by atoms with Gasteiger partial charge in [-0.1, -0.05) is 13.8 Å². The number of rotatable bonds is 6. The van der Waals surface area contributed by atoms with Crippen molar-refractivity contribution in [2.24, 2.45) is 17.1 Å². The van der Waals surface area contributed by atoms with Crippen molar-refractivity contribution >= 4 is 0 Å². The summed E-state index contributed by atoms with van der Waals surface area (Å²) in [7, 11) is 2.22. The quantitative estimate of drug-likeness (QED) is 0.743. The van der Waals surface area contributed by atoms with Crippen LogP contribution in [0.15, 0.2) is 0 Å². The van der Waals surface area contributed by atoms with E-state index >= 15 is 0 Å². The highest BCUT2D eigenvalue weighted by molar-refractivity contribution is 4.89. The molecule has 3 N–H and O–H groups in total. The van der Waals surface area contributed by atoms with Crippen LogP contribution in [-0.2, 0) is 0 Å². The van der Waals surface area contributed by atoms with Crippen molar-refractivity contribution in [3.63, 3.8) is 0 Å². The SMILES string of the molecule is CN1CCC(C(C)(C)CNC(C)(C)CCN)C1. The van der Waals surface area contributed by atoms with Crippen LogP contribution in [0.4, 0.5) is 0 Å². The molecule has 0 radical (unpaired) electrons. The molecule has 1 aliphatic rings. The van der Waals surface area contributed by atoms with Gasteiger partial charge in [0.2, 0.25) is 0 Å². The van der Waals surface area contributed by atoms with Gasteiger partial charge in [-0.3, -0.25) is 0 Å². The minimum Gasteiger partial charge on any atom is -0.330 e. The smallest absolute Gasteiger partial charge is 0.0137 e. The lowest BCUT2D eigenvalue weighted by Gasteiger charge is -2.36. The molecule has 3 heteroatoms. The van der Waals surface area contributed by atoms with Crippen molar-refractivity contribution in [3.05, 3.63) is 0 Å². The van der Waals surface area contributed by atoms with Gasteiger partial charge >= 0.3 is 0 Å². The normalized spacial score (nSPS) is 23.3. The summed E-state index contributed by atoms with van der Waals surface area (Å²) in [5.74, 6) is 0.814. The van der Waals surface area contributed by atoms with E-state index in [0.29, 0.717) is 5.41 Å². The van der Waals surface area contributed by atoms with E-state index in [1.807, 2.05) is 0 Å². The molecular formula is C14H31N3. The molecule has 0 aromatic carbocycles. The number of hydrogen-bond donors (Lipinski definition) is 2. The van der Waals surface area contributed by atoms with Gasteiger partial charge in [0.15, 0.2) is 0 Å². The number of likely N-dealkylation sites (tertiary alicyclic amines) is 1. The zero-order valence-corrected chi connectivity index (χ0v) is 12.3. The topological polar surface area (TPSA) is 41.3 Å². The van der Waals surface area contributed by atoms with Crippen LogP contribution in [0.1, 0.15) is 40.5 Å². The Morgan fingerprint density at radius 3 is 2.41 bits per heavy atom. The van der Waals surface area contributed by atoms with Crippen LogP contribution in [0.2, 0.25) is 0 Å². The molecule has 0 spiro atoms. The molecule has 0 aliphatic carbocycles. The minimum atomic E-state index is 0.163. The molecule has 1 aliphatic heterocycles. The predicted molar refractivity (Wildman–Crippen MR) is 75.1 cm³/mol. The van der Waals surface area contributed by atoms with E-state index in [4.69, 9.17) is 5.73 Å². The molecule has 1 rings (SSSR count). The maximum absolute atomic E-state index is 5.65. The molecule has 1 fully saturated rings. The first-order valence-electron chi connectivity index (χ1n) is 6.90. The fourth-order valence-electron chi connectivity index (χ4n) is 2.63. The number of nitrogens with two attached hydrogens (primary N) is 1. The Labute approximate surface area is 107 Å². The van der Waals surface area contributed by atoms with E-state index in [2.05, 4.69) is 45.0 Å².